The van der Waals surface area contributed by atoms with Crippen molar-refractivity contribution >= 4 is 16.9 Å². The van der Waals surface area contributed by atoms with Crippen molar-refractivity contribution in [2.75, 3.05) is 45.9 Å². The van der Waals surface area contributed by atoms with Gasteiger partial charge in [-0.2, -0.15) is 0 Å². The van der Waals surface area contributed by atoms with Gasteiger partial charge in [-0.1, -0.05) is 13.8 Å². The molecule has 4 rings (SSSR count). The van der Waals surface area contributed by atoms with E-state index < -0.39 is 17.7 Å². The molecule has 2 aromatic rings. The van der Waals surface area contributed by atoms with Gasteiger partial charge in [-0.15, -0.1) is 0 Å². The minimum atomic E-state index is -0.929. The Morgan fingerprint density at radius 1 is 1.20 bits per heavy atom. The third-order valence-corrected chi connectivity index (χ3v) is 6.25. The Bertz CT molecular complexity index is 895. The zero-order valence-corrected chi connectivity index (χ0v) is 17.7. The van der Waals surface area contributed by atoms with E-state index in [4.69, 9.17) is 4.74 Å². The van der Waals surface area contributed by atoms with E-state index in [1.165, 1.54) is 6.33 Å². The van der Waals surface area contributed by atoms with Crippen LogP contribution in [0.25, 0.3) is 11.0 Å². The van der Waals surface area contributed by atoms with Crippen molar-refractivity contribution in [1.29, 1.82) is 0 Å². The van der Waals surface area contributed by atoms with Crippen LogP contribution in [-0.2, 0) is 9.53 Å². The van der Waals surface area contributed by atoms with Crippen LogP contribution >= 0.6 is 0 Å². The average molecular weight is 421 g/mol. The van der Waals surface area contributed by atoms with Gasteiger partial charge in [-0.3, -0.25) is 9.69 Å². The first-order valence-electron chi connectivity index (χ1n) is 10.8. The highest BCUT2D eigenvalue weighted by Gasteiger charge is 2.33. The molecule has 0 saturated carbocycles. The Labute approximate surface area is 175 Å². The molecule has 2 unspecified atom stereocenters. The van der Waals surface area contributed by atoms with Gasteiger partial charge in [0.1, 0.15) is 6.04 Å². The summed E-state index contributed by atoms with van der Waals surface area (Å²) in [6.07, 6.45) is 3.63. The van der Waals surface area contributed by atoms with E-state index >= 15 is 0 Å². The highest BCUT2D eigenvalue weighted by Crippen LogP contribution is 2.29. The maximum atomic E-state index is 13.9. The van der Waals surface area contributed by atoms with E-state index in [1.54, 1.807) is 4.57 Å². The molecule has 3 heterocycles. The minimum Gasteiger partial charge on any atom is -0.379 e. The number of hydrogen-bond donors (Lipinski definition) is 0. The van der Waals surface area contributed by atoms with Crippen molar-refractivity contribution in [1.82, 2.24) is 19.4 Å². The summed E-state index contributed by atoms with van der Waals surface area (Å²) in [5, 5.41) is 0. The predicted molar refractivity (Wildman–Crippen MR) is 110 cm³/mol. The van der Waals surface area contributed by atoms with Gasteiger partial charge in [-0.25, -0.2) is 13.8 Å². The number of morpholine rings is 1. The number of amides is 1. The summed E-state index contributed by atoms with van der Waals surface area (Å²) in [6.45, 7) is 9.84. The van der Waals surface area contributed by atoms with Gasteiger partial charge >= 0.3 is 0 Å². The summed E-state index contributed by atoms with van der Waals surface area (Å²) in [6, 6.07) is 1.72. The van der Waals surface area contributed by atoms with Crippen molar-refractivity contribution in [3.8, 4) is 0 Å². The van der Waals surface area contributed by atoms with Crippen LogP contribution in [0.4, 0.5) is 8.78 Å². The molecule has 2 atom stereocenters. The van der Waals surface area contributed by atoms with E-state index in [0.717, 1.165) is 70.9 Å². The second-order valence-corrected chi connectivity index (χ2v) is 8.80. The van der Waals surface area contributed by atoms with Crippen LogP contribution in [-0.4, -0.2) is 71.2 Å². The van der Waals surface area contributed by atoms with Gasteiger partial charge in [0, 0.05) is 44.9 Å². The van der Waals surface area contributed by atoms with Crippen LogP contribution < -0.4 is 0 Å². The molecule has 0 spiro atoms. The molecule has 0 radical (unpaired) electrons. The van der Waals surface area contributed by atoms with Crippen LogP contribution in [0.1, 0.15) is 32.7 Å². The average Bonchev–Trinajstić information content (AvgIpc) is 3.11. The summed E-state index contributed by atoms with van der Waals surface area (Å²) in [4.78, 5) is 22.1. The van der Waals surface area contributed by atoms with E-state index in [1.807, 2.05) is 18.7 Å². The fourth-order valence-corrected chi connectivity index (χ4v) is 4.72. The lowest BCUT2D eigenvalue weighted by Crippen LogP contribution is -2.48. The fourth-order valence-electron chi connectivity index (χ4n) is 4.72. The topological polar surface area (TPSA) is 50.6 Å². The molecule has 1 aromatic heterocycles. The summed E-state index contributed by atoms with van der Waals surface area (Å²) >= 11 is 0. The molecule has 2 fully saturated rings. The number of aromatic nitrogens is 2. The molecule has 2 aliphatic rings. The molecule has 0 bridgehead atoms. The second kappa shape index (κ2) is 8.98. The first-order valence-corrected chi connectivity index (χ1v) is 10.8. The Morgan fingerprint density at radius 3 is 2.67 bits per heavy atom. The van der Waals surface area contributed by atoms with Crippen LogP contribution in [0.15, 0.2) is 18.5 Å². The summed E-state index contributed by atoms with van der Waals surface area (Å²) in [5.41, 5.74) is 0.805. The number of imidazole rings is 1. The second-order valence-electron chi connectivity index (χ2n) is 8.80. The van der Waals surface area contributed by atoms with Crippen LogP contribution in [0.5, 0.6) is 0 Å². The lowest BCUT2D eigenvalue weighted by molar-refractivity contribution is -0.138. The first kappa shape index (κ1) is 21.2. The molecule has 0 N–H and O–H groups in total. The normalized spacial score (nSPS) is 22.0. The Kier molecular flexibility index (Phi) is 6.34. The number of rotatable bonds is 5. The highest BCUT2D eigenvalue weighted by atomic mass is 19.2. The summed E-state index contributed by atoms with van der Waals surface area (Å²) in [7, 11) is 0. The molecular formula is C22H30F2N4O2. The van der Waals surface area contributed by atoms with Gasteiger partial charge in [0.25, 0.3) is 0 Å². The van der Waals surface area contributed by atoms with Crippen molar-refractivity contribution in [2.24, 2.45) is 11.8 Å². The summed E-state index contributed by atoms with van der Waals surface area (Å²) in [5.74, 6) is -1.40. The standard InChI is InChI=1S/C22H30F2N4O2/c1-15(2)21(28-14-25-19-10-17(23)18(24)11-20(19)28)22(29)27-5-3-4-16(13-27)12-26-6-8-30-9-7-26/h10-11,14-16,21H,3-9,12-13H2,1-2H3. The number of carbonyl (C=O) groups is 1. The SMILES string of the molecule is CC(C)C(C(=O)N1CCCC(CN2CCOCC2)C1)n1cnc2cc(F)c(F)cc21. The predicted octanol–water partition coefficient (Wildman–Crippen LogP) is 3.08. The van der Waals surface area contributed by atoms with E-state index in [2.05, 4.69) is 9.88 Å². The Balaban J connectivity index is 1.53. The molecule has 2 aliphatic heterocycles. The number of likely N-dealkylation sites (tertiary alicyclic amines) is 1. The maximum absolute atomic E-state index is 13.9. The Morgan fingerprint density at radius 2 is 1.93 bits per heavy atom. The minimum absolute atomic E-state index is 0.0114. The Hall–Kier alpha value is -2.06. The molecule has 30 heavy (non-hydrogen) atoms. The molecule has 1 amide bonds. The van der Waals surface area contributed by atoms with E-state index in [-0.39, 0.29) is 11.8 Å². The molecule has 164 valence electrons. The van der Waals surface area contributed by atoms with Crippen LogP contribution in [0, 0.1) is 23.5 Å². The molecule has 6 nitrogen and oxygen atoms in total. The number of benzene rings is 1. The third-order valence-electron chi connectivity index (χ3n) is 6.25. The number of halogens is 2. The third kappa shape index (κ3) is 4.34. The number of hydrogen-bond acceptors (Lipinski definition) is 4. The fraction of sp³-hybridized carbons (Fsp3) is 0.636. The first-order chi connectivity index (χ1) is 14.4. The maximum Gasteiger partial charge on any atom is 0.245 e. The monoisotopic (exact) mass is 420 g/mol. The van der Waals surface area contributed by atoms with Gasteiger partial charge in [0.15, 0.2) is 11.6 Å². The summed E-state index contributed by atoms with van der Waals surface area (Å²) < 4.78 is 34.6. The van der Waals surface area contributed by atoms with Crippen LogP contribution in [0.3, 0.4) is 0 Å². The largest absolute Gasteiger partial charge is 0.379 e. The van der Waals surface area contributed by atoms with Crippen molar-refractivity contribution in [3.63, 3.8) is 0 Å². The van der Waals surface area contributed by atoms with E-state index in [9.17, 15) is 13.6 Å². The van der Waals surface area contributed by atoms with Gasteiger partial charge in [0.05, 0.1) is 30.6 Å². The zero-order valence-electron chi connectivity index (χ0n) is 17.7. The molecule has 0 aliphatic carbocycles. The zero-order chi connectivity index (χ0) is 21.3. The van der Waals surface area contributed by atoms with Crippen molar-refractivity contribution in [3.05, 3.63) is 30.1 Å². The molecule has 2 saturated heterocycles. The van der Waals surface area contributed by atoms with E-state index in [0.29, 0.717) is 17.0 Å². The quantitative estimate of drug-likeness (QED) is 0.746. The lowest BCUT2D eigenvalue weighted by atomic mass is 9.95. The van der Waals surface area contributed by atoms with Crippen molar-refractivity contribution in [2.45, 2.75) is 32.7 Å². The van der Waals surface area contributed by atoms with Crippen LogP contribution in [0.2, 0.25) is 0 Å². The number of piperidine rings is 1. The lowest BCUT2D eigenvalue weighted by Gasteiger charge is -2.38. The molecule has 8 heteroatoms. The van der Waals surface area contributed by atoms with Gasteiger partial charge in [-0.05, 0) is 24.7 Å². The van der Waals surface area contributed by atoms with Gasteiger partial charge in [0.2, 0.25) is 5.91 Å². The highest BCUT2D eigenvalue weighted by molar-refractivity contribution is 5.84. The number of carbonyl (C=O) groups excluding carboxylic acids is 1. The number of nitrogens with zero attached hydrogens (tertiary/aromatic N) is 4. The van der Waals surface area contributed by atoms with Gasteiger partial charge < -0.3 is 14.2 Å². The number of fused-ring (bicyclic) bond motifs is 1. The van der Waals surface area contributed by atoms with Crippen molar-refractivity contribution < 1.29 is 18.3 Å². The number of ether oxygens (including phenoxy) is 1. The smallest absolute Gasteiger partial charge is 0.245 e. The molecular weight excluding hydrogens is 390 g/mol. The molecule has 1 aromatic carbocycles.